The zero-order chi connectivity index (χ0) is 17.4. The molecule has 0 aliphatic carbocycles. The fraction of sp³-hybridized carbons (Fsp3) is 0.176. The zero-order valence-electron chi connectivity index (χ0n) is 13.1. The summed E-state index contributed by atoms with van der Waals surface area (Å²) in [4.78, 5) is 15.2. The molecule has 0 saturated heterocycles. The van der Waals surface area contributed by atoms with Crippen molar-refractivity contribution in [2.45, 2.75) is 12.8 Å². The van der Waals surface area contributed by atoms with E-state index >= 15 is 0 Å². The second-order valence-corrected chi connectivity index (χ2v) is 5.42. The molecule has 3 rings (SSSR count). The molecule has 0 amide bonds. The molecular formula is C17H15N3O4. The number of hydrogen-bond acceptors (Lipinski definition) is 6. The Balaban J connectivity index is 2.30. The van der Waals surface area contributed by atoms with Gasteiger partial charge in [-0.05, 0) is 24.6 Å². The van der Waals surface area contributed by atoms with Crippen LogP contribution in [0.4, 0.5) is 0 Å². The Morgan fingerprint density at radius 3 is 2.83 bits per heavy atom. The van der Waals surface area contributed by atoms with E-state index in [9.17, 15) is 15.2 Å². The Hall–Kier alpha value is -3.40. The largest absolute Gasteiger partial charge is 0.504 e. The molecule has 4 N–H and O–H groups in total. The third kappa shape index (κ3) is 2.34. The molecule has 7 nitrogen and oxygen atoms in total. The van der Waals surface area contributed by atoms with Crippen LogP contribution in [0, 0.1) is 18.3 Å². The van der Waals surface area contributed by atoms with Crippen LogP contribution in [-0.2, 0) is 0 Å². The number of methoxy groups -OCH3 is 1. The molecule has 122 valence electrons. The van der Waals surface area contributed by atoms with E-state index in [2.05, 4.69) is 4.98 Å². The number of H-pyrrole nitrogens is 1. The van der Waals surface area contributed by atoms with Gasteiger partial charge in [-0.25, -0.2) is 0 Å². The number of ether oxygens (including phenoxy) is 2. The lowest BCUT2D eigenvalue weighted by Crippen LogP contribution is -2.28. The molecule has 24 heavy (non-hydrogen) atoms. The van der Waals surface area contributed by atoms with Gasteiger partial charge in [0.1, 0.15) is 17.4 Å². The highest BCUT2D eigenvalue weighted by atomic mass is 16.5. The number of benzene rings is 1. The molecule has 0 radical (unpaired) electrons. The highest BCUT2D eigenvalue weighted by Crippen LogP contribution is 2.42. The summed E-state index contributed by atoms with van der Waals surface area (Å²) < 4.78 is 10.6. The minimum Gasteiger partial charge on any atom is -0.504 e. The molecule has 1 aliphatic rings. The number of aromatic amines is 1. The van der Waals surface area contributed by atoms with E-state index in [-0.39, 0.29) is 28.5 Å². The number of allylic oxidation sites excluding steroid dienone is 1. The van der Waals surface area contributed by atoms with Crippen molar-refractivity contribution in [1.82, 2.24) is 4.98 Å². The summed E-state index contributed by atoms with van der Waals surface area (Å²) in [5, 5.41) is 19.3. The molecule has 2 heterocycles. The van der Waals surface area contributed by atoms with Crippen molar-refractivity contribution in [2.75, 3.05) is 7.11 Å². The minimum atomic E-state index is -0.711. The van der Waals surface area contributed by atoms with Crippen LogP contribution in [0.25, 0.3) is 0 Å². The lowest BCUT2D eigenvalue weighted by molar-refractivity contribution is 0.372. The lowest BCUT2D eigenvalue weighted by atomic mass is 9.84. The van der Waals surface area contributed by atoms with Crippen molar-refractivity contribution in [2.24, 2.45) is 5.73 Å². The first kappa shape index (κ1) is 15.5. The summed E-state index contributed by atoms with van der Waals surface area (Å²) in [6.45, 7) is 1.73. The molecule has 0 saturated carbocycles. The third-order valence-corrected chi connectivity index (χ3v) is 3.89. The standard InChI is InChI=1S/C17H15N3O4/c1-8-5-13-15(17(22)20-8)14(10(7-18)16(19)24-13)9-3-4-11(21)12(6-9)23-2/h3-6,14,21H,19H2,1-2H3,(H,20,22)/t14-/m1/s1. The number of fused-ring (bicyclic) bond motifs is 1. The van der Waals surface area contributed by atoms with Gasteiger partial charge >= 0.3 is 0 Å². The predicted molar refractivity (Wildman–Crippen MR) is 85.8 cm³/mol. The normalized spacial score (nSPS) is 16.1. The van der Waals surface area contributed by atoms with Gasteiger partial charge in [0.2, 0.25) is 5.88 Å². The maximum absolute atomic E-state index is 12.5. The van der Waals surface area contributed by atoms with Crippen molar-refractivity contribution in [3.05, 3.63) is 62.9 Å². The number of aromatic nitrogens is 1. The van der Waals surface area contributed by atoms with E-state index in [0.29, 0.717) is 22.6 Å². The van der Waals surface area contributed by atoms with Crippen LogP contribution in [0.1, 0.15) is 22.7 Å². The smallest absolute Gasteiger partial charge is 0.256 e. The van der Waals surface area contributed by atoms with Crippen molar-refractivity contribution < 1.29 is 14.6 Å². The summed E-state index contributed by atoms with van der Waals surface area (Å²) in [6, 6.07) is 8.29. The Labute approximate surface area is 137 Å². The van der Waals surface area contributed by atoms with Crippen LogP contribution in [-0.4, -0.2) is 17.2 Å². The van der Waals surface area contributed by atoms with Gasteiger partial charge in [-0.1, -0.05) is 6.07 Å². The molecule has 1 aromatic heterocycles. The van der Waals surface area contributed by atoms with E-state index in [4.69, 9.17) is 15.2 Å². The van der Waals surface area contributed by atoms with Gasteiger partial charge in [-0.15, -0.1) is 0 Å². The Kier molecular flexibility index (Phi) is 3.66. The molecule has 1 atom stereocenters. The fourth-order valence-corrected chi connectivity index (χ4v) is 2.81. The van der Waals surface area contributed by atoms with Gasteiger partial charge in [-0.3, -0.25) is 4.79 Å². The van der Waals surface area contributed by atoms with Crippen LogP contribution < -0.4 is 20.8 Å². The quantitative estimate of drug-likeness (QED) is 0.771. The third-order valence-electron chi connectivity index (χ3n) is 3.89. The number of nitrogens with one attached hydrogen (secondary N) is 1. The van der Waals surface area contributed by atoms with Crippen LogP contribution in [0.2, 0.25) is 0 Å². The predicted octanol–water partition coefficient (Wildman–Crippen LogP) is 1.62. The van der Waals surface area contributed by atoms with E-state index < -0.39 is 5.92 Å². The average molecular weight is 325 g/mol. The molecule has 0 fully saturated rings. The number of rotatable bonds is 2. The molecule has 2 aromatic rings. The molecule has 7 heteroatoms. The van der Waals surface area contributed by atoms with E-state index in [1.54, 1.807) is 25.1 Å². The highest BCUT2D eigenvalue weighted by Gasteiger charge is 2.33. The molecular weight excluding hydrogens is 310 g/mol. The Bertz CT molecular complexity index is 953. The monoisotopic (exact) mass is 325 g/mol. The zero-order valence-corrected chi connectivity index (χ0v) is 13.1. The summed E-state index contributed by atoms with van der Waals surface area (Å²) in [6.07, 6.45) is 0. The average Bonchev–Trinajstić information content (AvgIpc) is 2.53. The van der Waals surface area contributed by atoms with Gasteiger partial charge < -0.3 is 25.3 Å². The fourth-order valence-electron chi connectivity index (χ4n) is 2.81. The number of pyridine rings is 1. The van der Waals surface area contributed by atoms with E-state index in [1.165, 1.54) is 13.2 Å². The van der Waals surface area contributed by atoms with E-state index in [1.807, 2.05) is 6.07 Å². The summed E-state index contributed by atoms with van der Waals surface area (Å²) in [7, 11) is 1.42. The van der Waals surface area contributed by atoms with E-state index in [0.717, 1.165) is 0 Å². The van der Waals surface area contributed by atoms with Gasteiger partial charge in [0, 0.05) is 11.8 Å². The molecule has 1 aromatic carbocycles. The van der Waals surface area contributed by atoms with Crippen molar-refractivity contribution in [1.29, 1.82) is 5.26 Å². The number of nitrogens with zero attached hydrogens (tertiary/aromatic N) is 1. The second kappa shape index (κ2) is 5.66. The van der Waals surface area contributed by atoms with Crippen molar-refractivity contribution in [3.8, 4) is 23.3 Å². The maximum atomic E-state index is 12.5. The summed E-state index contributed by atoms with van der Waals surface area (Å²) >= 11 is 0. The second-order valence-electron chi connectivity index (χ2n) is 5.42. The van der Waals surface area contributed by atoms with Gasteiger partial charge in [-0.2, -0.15) is 5.26 Å². The van der Waals surface area contributed by atoms with Crippen molar-refractivity contribution in [3.63, 3.8) is 0 Å². The first-order valence-corrected chi connectivity index (χ1v) is 7.14. The molecule has 1 aliphatic heterocycles. The number of hydrogen-bond donors (Lipinski definition) is 3. The Morgan fingerprint density at radius 1 is 1.42 bits per heavy atom. The number of phenols is 1. The van der Waals surface area contributed by atoms with Crippen molar-refractivity contribution >= 4 is 0 Å². The molecule has 0 bridgehead atoms. The Morgan fingerprint density at radius 2 is 2.17 bits per heavy atom. The SMILES string of the molecule is COc1cc([C@@H]2C(C#N)=C(N)Oc3cc(C)[nH]c(=O)c32)ccc1O. The number of phenolic OH excluding ortho intramolecular Hbond substituents is 1. The lowest BCUT2D eigenvalue weighted by Gasteiger charge is -2.26. The number of nitriles is 1. The first-order valence-electron chi connectivity index (χ1n) is 7.14. The number of aryl methyl sites for hydroxylation is 1. The first-order chi connectivity index (χ1) is 11.5. The summed E-state index contributed by atoms with van der Waals surface area (Å²) in [5.41, 5.74) is 7.14. The summed E-state index contributed by atoms with van der Waals surface area (Å²) in [5.74, 6) is -0.254. The minimum absolute atomic E-state index is 0.0400. The number of nitrogens with two attached hydrogens (primary N) is 1. The van der Waals surface area contributed by atoms with Crippen LogP contribution in [0.3, 0.4) is 0 Å². The number of aromatic hydroxyl groups is 1. The van der Waals surface area contributed by atoms with Crippen LogP contribution >= 0.6 is 0 Å². The highest BCUT2D eigenvalue weighted by molar-refractivity contribution is 5.57. The maximum Gasteiger partial charge on any atom is 0.256 e. The van der Waals surface area contributed by atoms with Crippen LogP contribution in [0.15, 0.2) is 40.5 Å². The topological polar surface area (TPSA) is 121 Å². The molecule has 0 spiro atoms. The van der Waals surface area contributed by atoms with Gasteiger partial charge in [0.15, 0.2) is 11.5 Å². The molecule has 0 unspecified atom stereocenters. The van der Waals surface area contributed by atoms with Crippen LogP contribution in [0.5, 0.6) is 17.2 Å². The van der Waals surface area contributed by atoms with Gasteiger partial charge in [0.25, 0.3) is 5.56 Å². The van der Waals surface area contributed by atoms with Gasteiger partial charge in [0.05, 0.1) is 18.6 Å².